The number of hydrogen-bond donors (Lipinski definition) is 1. The molecule has 2 heteroatoms. The number of aliphatic hydroxyl groups is 1. The maximum absolute atomic E-state index is 11.9. The number of Topliss-reactive ketones (excluding diaryl/α,β-unsaturated/α-hetero) is 1. The summed E-state index contributed by atoms with van der Waals surface area (Å²) < 4.78 is 0. The van der Waals surface area contributed by atoms with Crippen molar-refractivity contribution in [1.82, 2.24) is 0 Å². The monoisotopic (exact) mass is 210 g/mol. The molecule has 1 aliphatic carbocycles. The fourth-order valence-corrected chi connectivity index (χ4v) is 2.13. The van der Waals surface area contributed by atoms with Gasteiger partial charge in [-0.15, -0.1) is 0 Å². The molecular weight excluding hydrogens is 188 g/mol. The summed E-state index contributed by atoms with van der Waals surface area (Å²) in [7, 11) is 0. The Kier molecular flexibility index (Phi) is 3.27. The summed E-state index contributed by atoms with van der Waals surface area (Å²) in [5, 5.41) is 9.26. The van der Waals surface area contributed by atoms with Gasteiger partial charge in [0.2, 0.25) is 0 Å². The van der Waals surface area contributed by atoms with Crippen LogP contribution in [0.5, 0.6) is 0 Å². The van der Waals surface area contributed by atoms with Crippen LogP contribution in [0.2, 0.25) is 0 Å². The summed E-state index contributed by atoms with van der Waals surface area (Å²) in [5.74, 6) is 0.514. The Hall–Kier alpha value is -0.790. The number of allylic oxidation sites excluding steroid dienone is 1. The van der Waals surface area contributed by atoms with Crippen molar-refractivity contribution in [1.29, 1.82) is 0 Å². The second kappa shape index (κ2) is 3.99. The zero-order valence-corrected chi connectivity index (χ0v) is 10.1. The number of carbonyl (C=O) groups excluding carboxylic acids is 1. The Morgan fingerprint density at radius 3 is 2.13 bits per heavy atom. The third-order valence-electron chi connectivity index (χ3n) is 3.37. The molecule has 2 nitrogen and oxygen atoms in total. The largest absolute Gasteiger partial charge is 0.513 e. The van der Waals surface area contributed by atoms with Crippen molar-refractivity contribution in [3.63, 3.8) is 0 Å². The maximum atomic E-state index is 11.9. The number of ketones is 1. The molecule has 0 aromatic rings. The molecule has 0 atom stereocenters. The predicted octanol–water partition coefficient (Wildman–Crippen LogP) is 3.62. The molecule has 1 N–H and O–H groups in total. The molecule has 86 valence electrons. The highest BCUT2D eigenvalue weighted by Gasteiger charge is 2.41. The second-order valence-electron chi connectivity index (χ2n) is 5.95. The van der Waals surface area contributed by atoms with Crippen molar-refractivity contribution >= 4 is 5.78 Å². The zero-order valence-electron chi connectivity index (χ0n) is 10.1. The van der Waals surface area contributed by atoms with Crippen molar-refractivity contribution in [2.24, 2.45) is 10.8 Å². The van der Waals surface area contributed by atoms with Crippen LogP contribution in [0.3, 0.4) is 0 Å². The van der Waals surface area contributed by atoms with E-state index in [9.17, 15) is 9.90 Å². The van der Waals surface area contributed by atoms with Crippen LogP contribution in [0.25, 0.3) is 0 Å². The van der Waals surface area contributed by atoms with Gasteiger partial charge in [-0.1, -0.05) is 33.8 Å². The van der Waals surface area contributed by atoms with Crippen molar-refractivity contribution in [3.8, 4) is 0 Å². The summed E-state index contributed by atoms with van der Waals surface area (Å²) in [6.45, 7) is 9.40. The molecule has 0 amide bonds. The van der Waals surface area contributed by atoms with Gasteiger partial charge in [0.1, 0.15) is 5.78 Å². The van der Waals surface area contributed by atoms with Crippen molar-refractivity contribution < 1.29 is 9.90 Å². The van der Waals surface area contributed by atoms with Crippen LogP contribution in [0.4, 0.5) is 0 Å². The molecule has 15 heavy (non-hydrogen) atoms. The number of hydrogen-bond acceptors (Lipinski definition) is 2. The van der Waals surface area contributed by atoms with Gasteiger partial charge in [0, 0.05) is 18.3 Å². The SMILES string of the molecule is C=C(O)CC1(CC(=O)C(C)(C)C)CCC1. The van der Waals surface area contributed by atoms with E-state index < -0.39 is 0 Å². The molecule has 1 fully saturated rings. The molecule has 0 saturated heterocycles. The molecule has 1 rings (SSSR count). The molecule has 0 aromatic heterocycles. The summed E-state index contributed by atoms with van der Waals surface area (Å²) >= 11 is 0. The minimum atomic E-state index is -0.265. The fraction of sp³-hybridized carbons (Fsp3) is 0.769. The first-order chi connectivity index (χ1) is 6.75. The minimum Gasteiger partial charge on any atom is -0.513 e. The van der Waals surface area contributed by atoms with Gasteiger partial charge in [-0.2, -0.15) is 0 Å². The van der Waals surface area contributed by atoms with Crippen molar-refractivity contribution in [3.05, 3.63) is 12.3 Å². The Morgan fingerprint density at radius 2 is 1.87 bits per heavy atom. The van der Waals surface area contributed by atoms with Crippen LogP contribution in [0.15, 0.2) is 12.3 Å². The van der Waals surface area contributed by atoms with E-state index in [2.05, 4.69) is 6.58 Å². The standard InChI is InChI=1S/C13H22O2/c1-10(14)8-13(6-5-7-13)9-11(15)12(2,3)4/h14H,1,5-9H2,2-4H3. The summed E-state index contributed by atoms with van der Waals surface area (Å²) in [5.41, 5.74) is -0.241. The van der Waals surface area contributed by atoms with Gasteiger partial charge >= 0.3 is 0 Å². The molecule has 1 saturated carbocycles. The third-order valence-corrected chi connectivity index (χ3v) is 3.37. The topological polar surface area (TPSA) is 37.3 Å². The van der Waals surface area contributed by atoms with E-state index in [1.807, 2.05) is 20.8 Å². The quantitative estimate of drug-likeness (QED) is 0.719. The fourth-order valence-electron chi connectivity index (χ4n) is 2.13. The number of rotatable bonds is 4. The summed E-state index contributed by atoms with van der Waals surface area (Å²) in [6, 6.07) is 0. The van der Waals surface area contributed by atoms with E-state index in [0.717, 1.165) is 12.8 Å². The summed E-state index contributed by atoms with van der Waals surface area (Å²) in [4.78, 5) is 11.9. The predicted molar refractivity (Wildman–Crippen MR) is 61.7 cm³/mol. The Morgan fingerprint density at radius 1 is 1.33 bits per heavy atom. The lowest BCUT2D eigenvalue weighted by atomic mass is 9.62. The van der Waals surface area contributed by atoms with E-state index in [1.165, 1.54) is 6.42 Å². The second-order valence-corrected chi connectivity index (χ2v) is 5.95. The van der Waals surface area contributed by atoms with E-state index in [-0.39, 0.29) is 16.6 Å². The first-order valence-corrected chi connectivity index (χ1v) is 5.65. The van der Waals surface area contributed by atoms with Crippen LogP contribution in [-0.4, -0.2) is 10.9 Å². The molecule has 0 spiro atoms. The van der Waals surface area contributed by atoms with Crippen molar-refractivity contribution in [2.45, 2.75) is 52.9 Å². The number of aliphatic hydroxyl groups excluding tert-OH is 1. The lowest BCUT2D eigenvalue weighted by Gasteiger charge is -2.42. The minimum absolute atomic E-state index is 0.0240. The van der Waals surface area contributed by atoms with Crippen molar-refractivity contribution in [2.75, 3.05) is 0 Å². The van der Waals surface area contributed by atoms with Gasteiger partial charge in [-0.3, -0.25) is 4.79 Å². The lowest BCUT2D eigenvalue weighted by Crippen LogP contribution is -2.36. The Bertz CT molecular complexity index is 267. The molecule has 1 aliphatic rings. The van der Waals surface area contributed by atoms with Crippen LogP contribution in [-0.2, 0) is 4.79 Å². The molecule has 0 bridgehead atoms. The highest BCUT2D eigenvalue weighted by Crippen LogP contribution is 2.49. The third kappa shape index (κ3) is 3.08. The highest BCUT2D eigenvalue weighted by atomic mass is 16.3. The molecular formula is C13H22O2. The molecule has 0 unspecified atom stereocenters. The van der Waals surface area contributed by atoms with Crippen LogP contribution in [0.1, 0.15) is 52.9 Å². The highest BCUT2D eigenvalue weighted by molar-refractivity contribution is 5.84. The van der Waals surface area contributed by atoms with Gasteiger partial charge in [-0.05, 0) is 18.3 Å². The smallest absolute Gasteiger partial charge is 0.138 e. The lowest BCUT2D eigenvalue weighted by molar-refractivity contribution is -0.130. The van der Waals surface area contributed by atoms with Gasteiger partial charge in [0.15, 0.2) is 0 Å². The average molecular weight is 210 g/mol. The molecule has 0 radical (unpaired) electrons. The summed E-state index contributed by atoms with van der Waals surface area (Å²) in [6.07, 6.45) is 4.46. The molecule has 0 aliphatic heterocycles. The molecule has 0 aromatic carbocycles. The Balaban J connectivity index is 2.61. The van der Waals surface area contributed by atoms with Gasteiger partial charge in [-0.25, -0.2) is 0 Å². The van der Waals surface area contributed by atoms with Crippen LogP contribution < -0.4 is 0 Å². The van der Waals surface area contributed by atoms with E-state index in [0.29, 0.717) is 18.6 Å². The van der Waals surface area contributed by atoms with E-state index in [4.69, 9.17) is 0 Å². The maximum Gasteiger partial charge on any atom is 0.138 e. The van der Waals surface area contributed by atoms with E-state index >= 15 is 0 Å². The Labute approximate surface area is 92.4 Å². The first-order valence-electron chi connectivity index (χ1n) is 5.65. The normalized spacial score (nSPS) is 19.4. The van der Waals surface area contributed by atoms with Crippen LogP contribution in [0, 0.1) is 10.8 Å². The molecule has 0 heterocycles. The zero-order chi connectivity index (χ0) is 11.7. The van der Waals surface area contributed by atoms with Gasteiger partial charge in [0.25, 0.3) is 0 Å². The van der Waals surface area contributed by atoms with Gasteiger partial charge < -0.3 is 5.11 Å². The average Bonchev–Trinajstić information content (AvgIpc) is 1.97. The first kappa shape index (κ1) is 12.3. The van der Waals surface area contributed by atoms with Crippen LogP contribution >= 0.6 is 0 Å². The van der Waals surface area contributed by atoms with E-state index in [1.54, 1.807) is 0 Å². The number of carbonyl (C=O) groups is 1. The van der Waals surface area contributed by atoms with Gasteiger partial charge in [0.05, 0.1) is 5.76 Å².